The van der Waals surface area contributed by atoms with Gasteiger partial charge in [0, 0.05) is 23.6 Å². The molecule has 8 nitrogen and oxygen atoms in total. The maximum absolute atomic E-state index is 10.9. The van der Waals surface area contributed by atoms with E-state index in [1.165, 1.54) is 17.7 Å². The SMILES string of the molecule is CCOc1ccccc1-c1sc2c(N/N=C/c3ccc(-n4ccnc4)cc3)ncnc2c1O. The highest BCUT2D eigenvalue weighted by Crippen LogP contribution is 2.47. The lowest BCUT2D eigenvalue weighted by molar-refractivity contribution is 0.341. The van der Waals surface area contributed by atoms with Gasteiger partial charge in [0.15, 0.2) is 11.6 Å². The van der Waals surface area contributed by atoms with Crippen LogP contribution in [0.4, 0.5) is 5.82 Å². The van der Waals surface area contributed by atoms with Gasteiger partial charge in [-0.05, 0) is 36.8 Å². The van der Waals surface area contributed by atoms with E-state index in [0.29, 0.717) is 33.3 Å². The zero-order valence-corrected chi connectivity index (χ0v) is 18.5. The van der Waals surface area contributed by atoms with Crippen LogP contribution in [0.25, 0.3) is 26.3 Å². The lowest BCUT2D eigenvalue weighted by Crippen LogP contribution is -1.95. The molecular formula is C24H20N6O2S. The Kier molecular flexibility index (Phi) is 5.69. The number of hydrogen-bond donors (Lipinski definition) is 2. The Labute approximate surface area is 193 Å². The second kappa shape index (κ2) is 9.09. The molecule has 0 saturated carbocycles. The highest BCUT2D eigenvalue weighted by atomic mass is 32.1. The van der Waals surface area contributed by atoms with Crippen molar-refractivity contribution in [1.29, 1.82) is 0 Å². The Balaban J connectivity index is 1.41. The number of imidazole rings is 1. The van der Waals surface area contributed by atoms with Gasteiger partial charge in [-0.1, -0.05) is 24.3 Å². The second-order valence-electron chi connectivity index (χ2n) is 7.04. The molecule has 3 aromatic heterocycles. The van der Waals surface area contributed by atoms with Crippen molar-refractivity contribution in [2.75, 3.05) is 12.0 Å². The van der Waals surface area contributed by atoms with Crippen molar-refractivity contribution in [2.45, 2.75) is 6.92 Å². The van der Waals surface area contributed by atoms with Crippen LogP contribution < -0.4 is 10.2 Å². The number of fused-ring (bicyclic) bond motifs is 1. The molecule has 5 aromatic rings. The minimum atomic E-state index is 0.103. The van der Waals surface area contributed by atoms with Crippen LogP contribution in [0, 0.1) is 0 Å². The molecule has 0 saturated heterocycles. The van der Waals surface area contributed by atoms with Crippen LogP contribution in [0.15, 0.2) is 78.7 Å². The number of anilines is 1. The molecule has 0 aliphatic carbocycles. The number of hydrogen-bond acceptors (Lipinski definition) is 8. The first kappa shape index (κ1) is 20.7. The Morgan fingerprint density at radius 1 is 1.15 bits per heavy atom. The summed E-state index contributed by atoms with van der Waals surface area (Å²) in [6.07, 6.45) is 8.51. The molecule has 3 heterocycles. The van der Waals surface area contributed by atoms with E-state index in [-0.39, 0.29) is 5.75 Å². The molecule has 0 aliphatic heterocycles. The number of nitrogens with one attached hydrogen (secondary N) is 1. The first-order valence-corrected chi connectivity index (χ1v) is 11.1. The fraction of sp³-hybridized carbons (Fsp3) is 0.0833. The van der Waals surface area contributed by atoms with Crippen molar-refractivity contribution in [3.8, 4) is 27.6 Å². The molecule has 5 rings (SSSR count). The largest absolute Gasteiger partial charge is 0.504 e. The van der Waals surface area contributed by atoms with Gasteiger partial charge in [0.05, 0.1) is 24.0 Å². The molecule has 0 unspecified atom stereocenters. The van der Waals surface area contributed by atoms with E-state index in [1.807, 2.05) is 66.2 Å². The molecule has 0 spiro atoms. The Hall–Kier alpha value is -4.24. The first-order valence-electron chi connectivity index (χ1n) is 10.3. The number of aromatic nitrogens is 4. The van der Waals surface area contributed by atoms with Crippen molar-refractivity contribution in [1.82, 2.24) is 19.5 Å². The zero-order chi connectivity index (χ0) is 22.6. The van der Waals surface area contributed by atoms with Crippen LogP contribution in [0.5, 0.6) is 11.5 Å². The average Bonchev–Trinajstić information content (AvgIpc) is 3.50. The van der Waals surface area contributed by atoms with Gasteiger partial charge in [-0.2, -0.15) is 5.10 Å². The first-order chi connectivity index (χ1) is 16.2. The number of thiophene rings is 1. The molecule has 0 aliphatic rings. The molecule has 0 bridgehead atoms. The van der Waals surface area contributed by atoms with E-state index in [1.54, 1.807) is 18.7 Å². The predicted molar refractivity (Wildman–Crippen MR) is 130 cm³/mol. The molecule has 0 fully saturated rings. The quantitative estimate of drug-likeness (QED) is 0.261. The van der Waals surface area contributed by atoms with Crippen LogP contribution in [-0.2, 0) is 0 Å². The Bertz CT molecular complexity index is 1410. The number of para-hydroxylation sites is 1. The van der Waals surface area contributed by atoms with E-state index in [9.17, 15) is 5.11 Å². The topological polar surface area (TPSA) is 97.5 Å². The summed E-state index contributed by atoms with van der Waals surface area (Å²) in [5.41, 5.74) is 6.21. The van der Waals surface area contributed by atoms with Gasteiger partial charge in [0.25, 0.3) is 0 Å². The predicted octanol–water partition coefficient (Wildman–Crippen LogP) is 5.09. The van der Waals surface area contributed by atoms with Gasteiger partial charge >= 0.3 is 0 Å². The minimum absolute atomic E-state index is 0.103. The highest BCUT2D eigenvalue weighted by Gasteiger charge is 2.19. The van der Waals surface area contributed by atoms with Gasteiger partial charge in [0.1, 0.15) is 22.3 Å². The van der Waals surface area contributed by atoms with Crippen molar-refractivity contribution < 1.29 is 9.84 Å². The number of aromatic hydroxyl groups is 1. The number of rotatable bonds is 7. The summed E-state index contributed by atoms with van der Waals surface area (Å²) in [6, 6.07) is 15.5. The number of ether oxygens (including phenoxy) is 1. The number of nitrogens with zero attached hydrogens (tertiary/aromatic N) is 5. The Morgan fingerprint density at radius 3 is 2.79 bits per heavy atom. The third-order valence-electron chi connectivity index (χ3n) is 4.96. The molecule has 33 heavy (non-hydrogen) atoms. The third kappa shape index (κ3) is 4.13. The van der Waals surface area contributed by atoms with Crippen molar-refractivity contribution in [3.63, 3.8) is 0 Å². The molecule has 9 heteroatoms. The molecule has 164 valence electrons. The lowest BCUT2D eigenvalue weighted by atomic mass is 10.1. The maximum atomic E-state index is 10.9. The Morgan fingerprint density at radius 2 is 2.00 bits per heavy atom. The van der Waals surface area contributed by atoms with E-state index in [2.05, 4.69) is 25.5 Å². The van der Waals surface area contributed by atoms with E-state index in [4.69, 9.17) is 4.74 Å². The smallest absolute Gasteiger partial charge is 0.167 e. The molecular weight excluding hydrogens is 436 g/mol. The molecule has 2 N–H and O–H groups in total. The average molecular weight is 457 g/mol. The summed E-state index contributed by atoms with van der Waals surface area (Å²) in [4.78, 5) is 13.3. The molecule has 0 radical (unpaired) electrons. The third-order valence-corrected chi connectivity index (χ3v) is 6.17. The number of hydrazone groups is 1. The lowest BCUT2D eigenvalue weighted by Gasteiger charge is -2.08. The summed E-state index contributed by atoms with van der Waals surface area (Å²) >= 11 is 1.39. The van der Waals surface area contributed by atoms with E-state index >= 15 is 0 Å². The van der Waals surface area contributed by atoms with Crippen LogP contribution in [-0.4, -0.2) is 37.4 Å². The van der Waals surface area contributed by atoms with E-state index < -0.39 is 0 Å². The summed E-state index contributed by atoms with van der Waals surface area (Å²) in [7, 11) is 0. The highest BCUT2D eigenvalue weighted by molar-refractivity contribution is 7.23. The monoisotopic (exact) mass is 456 g/mol. The van der Waals surface area contributed by atoms with Crippen molar-refractivity contribution in [3.05, 3.63) is 79.1 Å². The van der Waals surface area contributed by atoms with Crippen molar-refractivity contribution in [2.24, 2.45) is 5.10 Å². The van der Waals surface area contributed by atoms with Crippen LogP contribution >= 0.6 is 11.3 Å². The summed E-state index contributed by atoms with van der Waals surface area (Å²) in [5.74, 6) is 1.33. The van der Waals surface area contributed by atoms with Gasteiger partial charge in [-0.15, -0.1) is 11.3 Å². The van der Waals surface area contributed by atoms with Gasteiger partial charge in [-0.3, -0.25) is 5.43 Å². The van der Waals surface area contributed by atoms with Gasteiger partial charge < -0.3 is 14.4 Å². The van der Waals surface area contributed by atoms with Crippen LogP contribution in [0.1, 0.15) is 12.5 Å². The fourth-order valence-electron chi connectivity index (χ4n) is 3.41. The molecule has 0 atom stereocenters. The van der Waals surface area contributed by atoms with Gasteiger partial charge in [0.2, 0.25) is 0 Å². The molecule has 0 amide bonds. The van der Waals surface area contributed by atoms with Crippen molar-refractivity contribution >= 4 is 33.6 Å². The summed E-state index contributed by atoms with van der Waals surface area (Å²) in [6.45, 7) is 2.46. The van der Waals surface area contributed by atoms with Crippen LogP contribution in [0.3, 0.4) is 0 Å². The van der Waals surface area contributed by atoms with E-state index in [0.717, 1.165) is 16.8 Å². The minimum Gasteiger partial charge on any atom is -0.504 e. The summed E-state index contributed by atoms with van der Waals surface area (Å²) in [5, 5.41) is 15.2. The standard InChI is InChI=1S/C24H20N6O2S/c1-2-32-19-6-4-3-5-18(19)22-21(31)20-23(33-22)24(27-14-26-20)29-28-13-16-7-9-17(10-8-16)30-12-11-25-15-30/h3-15,31H,2H2,1H3,(H,26,27,29)/b28-13+. The van der Waals surface area contributed by atoms with Crippen LogP contribution in [0.2, 0.25) is 0 Å². The zero-order valence-electron chi connectivity index (χ0n) is 17.7. The normalized spacial score (nSPS) is 11.3. The van der Waals surface area contributed by atoms with Gasteiger partial charge in [-0.25, -0.2) is 15.0 Å². The number of benzene rings is 2. The maximum Gasteiger partial charge on any atom is 0.167 e. The second-order valence-corrected chi connectivity index (χ2v) is 8.06. The molecule has 2 aromatic carbocycles. The fourth-order valence-corrected chi connectivity index (χ4v) is 4.52. The summed E-state index contributed by atoms with van der Waals surface area (Å²) < 4.78 is 8.38.